The number of allylic oxidation sites excluding steroid dienone is 1. The van der Waals surface area contributed by atoms with Crippen molar-refractivity contribution >= 4 is 32.6 Å². The number of aryl methyl sites for hydroxylation is 2. The van der Waals surface area contributed by atoms with Crippen molar-refractivity contribution in [2.24, 2.45) is 23.7 Å². The van der Waals surface area contributed by atoms with Crippen LogP contribution in [-0.4, -0.2) is 18.2 Å². The van der Waals surface area contributed by atoms with E-state index in [-0.39, 0.29) is 28.6 Å². The maximum Gasteiger partial charge on any atom is 0.344 e. The molecule has 0 N–H and O–H groups in total. The first-order chi connectivity index (χ1) is 18.3. The largest absolute Gasteiger partial charge is 0.481 e. The predicted octanol–water partition coefficient (Wildman–Crippen LogP) is 8.85. The molecule has 4 saturated carbocycles. The lowest BCUT2D eigenvalue weighted by molar-refractivity contribution is -0.204. The van der Waals surface area contributed by atoms with Crippen LogP contribution in [0.25, 0.3) is 21.1 Å². The number of hydrogen-bond acceptors (Lipinski definition) is 3. The molecular formula is C34H39O3S+. The number of thiophene rings is 1. The number of ether oxygens (including phenoxy) is 2. The maximum absolute atomic E-state index is 13.1. The molecule has 2 atom stereocenters. The molecule has 4 bridgehead atoms. The van der Waals surface area contributed by atoms with Crippen molar-refractivity contribution < 1.29 is 14.3 Å². The van der Waals surface area contributed by atoms with E-state index in [1.807, 2.05) is 0 Å². The molecule has 0 aliphatic heterocycles. The third-order valence-corrected chi connectivity index (χ3v) is 12.8. The molecular weight excluding hydrogens is 488 g/mol. The summed E-state index contributed by atoms with van der Waals surface area (Å²) in [6.07, 6.45) is 12.1. The summed E-state index contributed by atoms with van der Waals surface area (Å²) in [5.74, 6) is 3.90. The smallest absolute Gasteiger partial charge is 0.344 e. The fourth-order valence-electron chi connectivity index (χ4n) is 8.57. The predicted molar refractivity (Wildman–Crippen MR) is 156 cm³/mol. The number of carbonyl (C=O) groups is 1. The van der Waals surface area contributed by atoms with Crippen molar-refractivity contribution in [3.63, 3.8) is 0 Å². The number of benzene rings is 2. The van der Waals surface area contributed by atoms with Crippen LogP contribution in [0, 0.1) is 37.5 Å². The maximum atomic E-state index is 13.1. The summed E-state index contributed by atoms with van der Waals surface area (Å²) in [5, 5.41) is 1.38. The molecule has 1 aromatic heterocycles. The Kier molecular flexibility index (Phi) is 5.78. The highest BCUT2D eigenvalue weighted by Gasteiger charge is 2.57. The van der Waals surface area contributed by atoms with Crippen LogP contribution in [-0.2, 0) is 9.53 Å². The topological polar surface area (TPSA) is 35.5 Å². The summed E-state index contributed by atoms with van der Waals surface area (Å²) in [6.45, 7) is 8.77. The number of esters is 1. The highest BCUT2D eigenvalue weighted by molar-refractivity contribution is 7.45. The van der Waals surface area contributed by atoms with Crippen molar-refractivity contribution in [3.8, 4) is 10.6 Å². The van der Waals surface area contributed by atoms with Gasteiger partial charge in [0, 0.05) is 39.5 Å². The number of carbonyl (C=O) groups excluding carboxylic acids is 1. The molecule has 1 heterocycles. The molecule has 38 heavy (non-hydrogen) atoms. The lowest BCUT2D eigenvalue weighted by atomic mass is 9.50. The van der Waals surface area contributed by atoms with Gasteiger partial charge >= 0.3 is 5.97 Å². The van der Waals surface area contributed by atoms with E-state index >= 15 is 0 Å². The molecule has 2 unspecified atom stereocenters. The first kappa shape index (κ1) is 24.5. The van der Waals surface area contributed by atoms with Crippen LogP contribution in [0.2, 0.25) is 0 Å². The Bertz CT molecular complexity index is 1410. The fraction of sp³-hybridized carbons (Fsp3) is 0.500. The van der Waals surface area contributed by atoms with E-state index in [1.165, 1.54) is 52.6 Å². The minimum atomic E-state index is -0.310. The fourth-order valence-corrected chi connectivity index (χ4v) is 11.4. The van der Waals surface area contributed by atoms with Gasteiger partial charge in [-0.3, -0.25) is 0 Å². The monoisotopic (exact) mass is 527 g/mol. The summed E-state index contributed by atoms with van der Waals surface area (Å²) in [4.78, 5) is 16.0. The summed E-state index contributed by atoms with van der Waals surface area (Å²) in [6, 6.07) is 13.5. The molecule has 2 aromatic carbocycles. The molecule has 4 fully saturated rings. The average molecular weight is 528 g/mol. The van der Waals surface area contributed by atoms with Gasteiger partial charge in [-0.25, -0.2) is 4.79 Å². The normalized spacial score (nSPS) is 31.5. The van der Waals surface area contributed by atoms with Crippen LogP contribution < -0.4 is 4.74 Å². The first-order valence-electron chi connectivity index (χ1n) is 14.5. The third-order valence-electron chi connectivity index (χ3n) is 10.2. The van der Waals surface area contributed by atoms with Crippen LogP contribution in [0.3, 0.4) is 0 Å². The second-order valence-corrected chi connectivity index (χ2v) is 14.7. The summed E-state index contributed by atoms with van der Waals surface area (Å²) >= 11 is 0. The molecule has 3 aromatic rings. The van der Waals surface area contributed by atoms with E-state index in [2.05, 4.69) is 76.2 Å². The van der Waals surface area contributed by atoms with Crippen LogP contribution in [0.1, 0.15) is 79.9 Å². The summed E-state index contributed by atoms with van der Waals surface area (Å²) in [5.41, 5.74) is 3.28. The Balaban J connectivity index is 1.13. The highest BCUT2D eigenvalue weighted by atomic mass is 32.2. The minimum Gasteiger partial charge on any atom is -0.481 e. The van der Waals surface area contributed by atoms with E-state index in [0.717, 1.165) is 35.1 Å². The van der Waals surface area contributed by atoms with Crippen molar-refractivity contribution in [2.45, 2.75) is 77.7 Å². The second kappa shape index (κ2) is 8.98. The van der Waals surface area contributed by atoms with Crippen molar-refractivity contribution in [1.29, 1.82) is 0 Å². The molecule has 0 saturated heterocycles. The SMILES string of the molecule is Cc1cc(-[s+]2c3c(c4ccccc42)C=CCC3C)cc(C)c1OCC(=O)OC1(C)C2CC3CC(C2)CC1C3. The van der Waals surface area contributed by atoms with Gasteiger partial charge in [-0.2, -0.15) is 0 Å². The summed E-state index contributed by atoms with van der Waals surface area (Å²) < 4.78 is 13.9. The van der Waals surface area contributed by atoms with Gasteiger partial charge in [0.2, 0.25) is 0 Å². The molecule has 3 nitrogen and oxygen atoms in total. The molecule has 4 heteroatoms. The van der Waals surface area contributed by atoms with E-state index < -0.39 is 0 Å². The minimum absolute atomic E-state index is 0.0193. The van der Waals surface area contributed by atoms with Gasteiger partial charge in [0.15, 0.2) is 21.1 Å². The van der Waals surface area contributed by atoms with Gasteiger partial charge in [-0.05, 0) is 106 Å². The van der Waals surface area contributed by atoms with Gasteiger partial charge in [-0.15, -0.1) is 0 Å². The van der Waals surface area contributed by atoms with Gasteiger partial charge < -0.3 is 9.47 Å². The van der Waals surface area contributed by atoms with Crippen molar-refractivity contribution in [3.05, 3.63) is 64.0 Å². The Morgan fingerprint density at radius 3 is 2.34 bits per heavy atom. The zero-order valence-corrected chi connectivity index (χ0v) is 23.9. The zero-order valence-electron chi connectivity index (χ0n) is 23.1. The van der Waals surface area contributed by atoms with Crippen LogP contribution in [0.15, 0.2) is 42.5 Å². The number of hydrogen-bond donors (Lipinski definition) is 0. The third kappa shape index (κ3) is 3.78. The lowest BCUT2D eigenvalue weighted by Gasteiger charge is -2.59. The first-order valence-corrected chi connectivity index (χ1v) is 15.7. The average Bonchev–Trinajstić information content (AvgIpc) is 3.22. The van der Waals surface area contributed by atoms with Gasteiger partial charge in [0.25, 0.3) is 0 Å². The van der Waals surface area contributed by atoms with Crippen molar-refractivity contribution in [2.75, 3.05) is 6.61 Å². The molecule has 0 amide bonds. The Morgan fingerprint density at radius 2 is 1.66 bits per heavy atom. The lowest BCUT2D eigenvalue weighted by Crippen LogP contribution is -2.58. The van der Waals surface area contributed by atoms with E-state index in [0.29, 0.717) is 17.8 Å². The Hall–Kier alpha value is -2.59. The highest BCUT2D eigenvalue weighted by Crippen LogP contribution is 2.59. The van der Waals surface area contributed by atoms with Gasteiger partial charge in [0.05, 0.1) is 0 Å². The standard InChI is InChI=1S/C34H39O3S/c1-20-8-7-10-29-28-9-5-6-11-30(28)38(33(20)29)27-12-21(2)32(22(3)13-27)36-19-31(35)37-34(4)25-15-23-14-24(17-25)18-26(34)16-23/h5-7,9-13,20,23-26H,8,14-19H2,1-4H3/q+1. The number of fused-ring (bicyclic) bond motifs is 3. The van der Waals surface area contributed by atoms with Crippen LogP contribution >= 0.6 is 10.5 Å². The quantitative estimate of drug-likeness (QED) is 0.246. The molecule has 8 rings (SSSR count). The molecule has 5 aliphatic carbocycles. The number of rotatable bonds is 5. The van der Waals surface area contributed by atoms with E-state index in [4.69, 9.17) is 9.47 Å². The molecule has 198 valence electrons. The van der Waals surface area contributed by atoms with Crippen molar-refractivity contribution in [1.82, 2.24) is 0 Å². The Labute approximate surface area is 229 Å². The van der Waals surface area contributed by atoms with E-state index in [1.54, 1.807) is 4.88 Å². The molecule has 0 spiro atoms. The van der Waals surface area contributed by atoms with Gasteiger partial charge in [0.1, 0.15) is 11.4 Å². The second-order valence-electron chi connectivity index (χ2n) is 12.8. The van der Waals surface area contributed by atoms with Crippen LogP contribution in [0.5, 0.6) is 5.75 Å². The zero-order chi connectivity index (χ0) is 26.2. The molecule has 5 aliphatic rings. The van der Waals surface area contributed by atoms with Crippen LogP contribution in [0.4, 0.5) is 0 Å². The molecule has 0 radical (unpaired) electrons. The summed E-state index contributed by atoms with van der Waals surface area (Å²) in [7, 11) is -0.0854. The Morgan fingerprint density at radius 1 is 1.00 bits per heavy atom. The van der Waals surface area contributed by atoms with Gasteiger partial charge in [-0.1, -0.05) is 31.2 Å². The van der Waals surface area contributed by atoms with E-state index in [9.17, 15) is 4.79 Å².